The fourth-order valence-electron chi connectivity index (χ4n) is 1.86. The predicted octanol–water partition coefficient (Wildman–Crippen LogP) is -0.0665. The number of hydrogen-bond donors (Lipinski definition) is 2. The first kappa shape index (κ1) is 12.9. The Morgan fingerprint density at radius 2 is 2.20 bits per heavy atom. The molecule has 0 amide bonds. The van der Waals surface area contributed by atoms with Crippen LogP contribution in [0, 0.1) is 5.92 Å². The zero-order valence-electron chi connectivity index (χ0n) is 9.31. The Balaban J connectivity index is 2.70. The van der Waals surface area contributed by atoms with Crippen molar-refractivity contribution in [2.45, 2.75) is 32.7 Å². The molecular formula is C9H20N2O3S. The molecule has 0 saturated carbocycles. The zero-order valence-corrected chi connectivity index (χ0v) is 10.1. The molecule has 2 atom stereocenters. The Morgan fingerprint density at radius 1 is 1.53 bits per heavy atom. The second-order valence-corrected chi connectivity index (χ2v) is 5.73. The van der Waals surface area contributed by atoms with E-state index >= 15 is 0 Å². The smallest absolute Gasteiger partial charge is 0.279 e. The van der Waals surface area contributed by atoms with Crippen molar-refractivity contribution in [3.63, 3.8) is 0 Å². The molecule has 0 aromatic carbocycles. The average Bonchev–Trinajstić information content (AvgIpc) is 2.57. The number of rotatable bonds is 5. The van der Waals surface area contributed by atoms with Gasteiger partial charge in [-0.15, -0.1) is 0 Å². The van der Waals surface area contributed by atoms with E-state index in [2.05, 4.69) is 4.72 Å². The summed E-state index contributed by atoms with van der Waals surface area (Å²) in [6.07, 6.45) is 1.59. The molecule has 90 valence electrons. The molecule has 2 unspecified atom stereocenters. The van der Waals surface area contributed by atoms with Gasteiger partial charge in [0.2, 0.25) is 0 Å². The van der Waals surface area contributed by atoms with E-state index in [0.29, 0.717) is 13.1 Å². The van der Waals surface area contributed by atoms with Crippen LogP contribution < -0.4 is 4.72 Å². The average molecular weight is 236 g/mol. The van der Waals surface area contributed by atoms with E-state index in [9.17, 15) is 8.42 Å². The van der Waals surface area contributed by atoms with Gasteiger partial charge in [-0.3, -0.25) is 0 Å². The second kappa shape index (κ2) is 5.25. The first-order valence-corrected chi connectivity index (χ1v) is 6.84. The van der Waals surface area contributed by atoms with Crippen LogP contribution in [0.2, 0.25) is 0 Å². The number of aliphatic hydroxyl groups excluding tert-OH is 1. The van der Waals surface area contributed by atoms with Crippen LogP contribution in [-0.4, -0.2) is 43.6 Å². The maximum Gasteiger partial charge on any atom is 0.279 e. The van der Waals surface area contributed by atoms with E-state index in [1.807, 2.05) is 13.8 Å². The Kier molecular flexibility index (Phi) is 4.51. The highest BCUT2D eigenvalue weighted by Gasteiger charge is 2.37. The van der Waals surface area contributed by atoms with E-state index in [0.717, 1.165) is 12.8 Å². The Bertz CT molecular complexity index is 292. The van der Waals surface area contributed by atoms with Gasteiger partial charge in [0.25, 0.3) is 10.2 Å². The molecule has 15 heavy (non-hydrogen) atoms. The van der Waals surface area contributed by atoms with E-state index < -0.39 is 10.2 Å². The van der Waals surface area contributed by atoms with Crippen LogP contribution in [0.25, 0.3) is 0 Å². The van der Waals surface area contributed by atoms with E-state index in [1.165, 1.54) is 4.31 Å². The van der Waals surface area contributed by atoms with Gasteiger partial charge in [-0.05, 0) is 18.8 Å². The molecule has 0 radical (unpaired) electrons. The molecule has 5 nitrogen and oxygen atoms in total. The normalized spacial score (nSPS) is 28.5. The molecule has 0 aromatic rings. The topological polar surface area (TPSA) is 69.6 Å². The zero-order chi connectivity index (χ0) is 11.5. The van der Waals surface area contributed by atoms with Crippen molar-refractivity contribution in [3.05, 3.63) is 0 Å². The van der Waals surface area contributed by atoms with E-state index in [4.69, 9.17) is 5.11 Å². The molecule has 1 aliphatic heterocycles. The van der Waals surface area contributed by atoms with Crippen molar-refractivity contribution < 1.29 is 13.5 Å². The predicted molar refractivity (Wildman–Crippen MR) is 58.6 cm³/mol. The fourth-order valence-corrected chi connectivity index (χ4v) is 3.46. The lowest BCUT2D eigenvalue weighted by Crippen LogP contribution is -2.46. The summed E-state index contributed by atoms with van der Waals surface area (Å²) in [5.41, 5.74) is 0. The second-order valence-electron chi connectivity index (χ2n) is 4.03. The third kappa shape index (κ3) is 2.90. The molecule has 0 bridgehead atoms. The molecule has 6 heteroatoms. The molecule has 1 saturated heterocycles. The highest BCUT2D eigenvalue weighted by atomic mass is 32.2. The molecule has 1 fully saturated rings. The number of aliphatic hydroxyl groups is 1. The summed E-state index contributed by atoms with van der Waals surface area (Å²) < 4.78 is 27.5. The lowest BCUT2D eigenvalue weighted by molar-refractivity contribution is 0.190. The van der Waals surface area contributed by atoms with Crippen molar-refractivity contribution in [1.29, 1.82) is 0 Å². The Morgan fingerprint density at radius 3 is 2.73 bits per heavy atom. The van der Waals surface area contributed by atoms with Crippen molar-refractivity contribution in [2.24, 2.45) is 5.92 Å². The minimum atomic E-state index is -3.39. The van der Waals surface area contributed by atoms with Crippen LogP contribution in [0.4, 0.5) is 0 Å². The quantitative estimate of drug-likeness (QED) is 0.702. The minimum Gasteiger partial charge on any atom is -0.395 e. The minimum absolute atomic E-state index is 0.103. The molecule has 1 aliphatic rings. The van der Waals surface area contributed by atoms with Crippen molar-refractivity contribution in [2.75, 3.05) is 19.7 Å². The van der Waals surface area contributed by atoms with Crippen LogP contribution in [-0.2, 0) is 10.2 Å². The number of nitrogens with one attached hydrogen (secondary N) is 1. The van der Waals surface area contributed by atoms with Gasteiger partial charge in [-0.25, -0.2) is 4.72 Å². The molecule has 1 rings (SSSR count). The lowest BCUT2D eigenvalue weighted by atomic mass is 10.0. The van der Waals surface area contributed by atoms with Gasteiger partial charge in [-0.2, -0.15) is 12.7 Å². The van der Waals surface area contributed by atoms with Crippen LogP contribution in [0.3, 0.4) is 0 Å². The van der Waals surface area contributed by atoms with Gasteiger partial charge in [0.05, 0.1) is 12.6 Å². The highest BCUT2D eigenvalue weighted by Crippen LogP contribution is 2.25. The molecule has 1 heterocycles. The van der Waals surface area contributed by atoms with Gasteiger partial charge >= 0.3 is 0 Å². The summed E-state index contributed by atoms with van der Waals surface area (Å²) in [6.45, 7) is 4.74. The summed E-state index contributed by atoms with van der Waals surface area (Å²) in [5, 5.41) is 9.16. The van der Waals surface area contributed by atoms with Crippen LogP contribution in [0.5, 0.6) is 0 Å². The summed E-state index contributed by atoms with van der Waals surface area (Å²) in [7, 11) is -3.39. The SMILES string of the molecule is CCCNS(=O)(=O)N1CCC(C)C1CO. The maximum absolute atomic E-state index is 11.8. The number of nitrogens with zero attached hydrogens (tertiary/aromatic N) is 1. The molecular weight excluding hydrogens is 216 g/mol. The van der Waals surface area contributed by atoms with E-state index in [-0.39, 0.29) is 18.6 Å². The Labute approximate surface area is 91.7 Å². The van der Waals surface area contributed by atoms with Gasteiger partial charge < -0.3 is 5.11 Å². The van der Waals surface area contributed by atoms with Gasteiger partial charge in [-0.1, -0.05) is 13.8 Å². The maximum atomic E-state index is 11.8. The third-order valence-electron chi connectivity index (χ3n) is 2.86. The Hall–Kier alpha value is -0.170. The summed E-state index contributed by atoms with van der Waals surface area (Å²) in [5.74, 6) is 0.230. The summed E-state index contributed by atoms with van der Waals surface area (Å²) >= 11 is 0. The highest BCUT2D eigenvalue weighted by molar-refractivity contribution is 7.87. The first-order chi connectivity index (χ1) is 7.03. The lowest BCUT2D eigenvalue weighted by Gasteiger charge is -2.24. The monoisotopic (exact) mass is 236 g/mol. The van der Waals surface area contributed by atoms with Gasteiger partial charge in [0, 0.05) is 13.1 Å². The standard InChI is InChI=1S/C9H20N2O3S/c1-3-5-10-15(13,14)11-6-4-8(2)9(11)7-12/h8-10,12H,3-7H2,1-2H3. The summed E-state index contributed by atoms with van der Waals surface area (Å²) in [4.78, 5) is 0. The van der Waals surface area contributed by atoms with Crippen LogP contribution in [0.1, 0.15) is 26.7 Å². The molecule has 0 spiro atoms. The van der Waals surface area contributed by atoms with E-state index in [1.54, 1.807) is 0 Å². The van der Waals surface area contributed by atoms with Crippen LogP contribution >= 0.6 is 0 Å². The largest absolute Gasteiger partial charge is 0.395 e. The molecule has 0 aliphatic carbocycles. The first-order valence-electron chi connectivity index (χ1n) is 5.40. The fraction of sp³-hybridized carbons (Fsp3) is 1.00. The third-order valence-corrected chi connectivity index (χ3v) is 4.50. The van der Waals surface area contributed by atoms with Crippen molar-refractivity contribution in [3.8, 4) is 0 Å². The molecule has 0 aromatic heterocycles. The van der Waals surface area contributed by atoms with Gasteiger partial charge in [0.15, 0.2) is 0 Å². The number of hydrogen-bond acceptors (Lipinski definition) is 3. The molecule has 2 N–H and O–H groups in total. The van der Waals surface area contributed by atoms with Gasteiger partial charge in [0.1, 0.15) is 0 Å². The van der Waals surface area contributed by atoms with Crippen molar-refractivity contribution >= 4 is 10.2 Å². The summed E-state index contributed by atoms with van der Waals surface area (Å²) in [6, 6.07) is -0.264. The van der Waals surface area contributed by atoms with Crippen LogP contribution in [0.15, 0.2) is 0 Å². The van der Waals surface area contributed by atoms with Crippen molar-refractivity contribution in [1.82, 2.24) is 9.03 Å².